The van der Waals surface area contributed by atoms with Gasteiger partial charge in [-0.2, -0.15) is 0 Å². The lowest BCUT2D eigenvalue weighted by molar-refractivity contribution is -0.126. The van der Waals surface area contributed by atoms with Crippen LogP contribution in [0.2, 0.25) is 0 Å². The van der Waals surface area contributed by atoms with Crippen molar-refractivity contribution in [1.29, 1.82) is 0 Å². The van der Waals surface area contributed by atoms with E-state index >= 15 is 0 Å². The highest BCUT2D eigenvalue weighted by Crippen LogP contribution is 2.27. The highest BCUT2D eigenvalue weighted by Gasteiger charge is 2.27. The molecule has 1 aliphatic carbocycles. The molecule has 0 unspecified atom stereocenters. The number of carbonyl (C=O) groups excluding carboxylic acids is 1. The molecule has 2 N–H and O–H groups in total. The van der Waals surface area contributed by atoms with Crippen LogP contribution in [0.1, 0.15) is 37.8 Å². The van der Waals surface area contributed by atoms with Crippen LogP contribution in [0.3, 0.4) is 0 Å². The van der Waals surface area contributed by atoms with Gasteiger partial charge in [-0.1, -0.05) is 19.9 Å². The minimum Gasteiger partial charge on any atom is -0.493 e. The molecule has 1 fully saturated rings. The fraction of sp³-hybridized carbons (Fsp3) is 0.650. The van der Waals surface area contributed by atoms with E-state index in [1.54, 1.807) is 0 Å². The fourth-order valence-electron chi connectivity index (χ4n) is 3.66. The fourth-order valence-corrected chi connectivity index (χ4v) is 3.66. The van der Waals surface area contributed by atoms with Gasteiger partial charge in [0.25, 0.3) is 0 Å². The number of amides is 1. The number of ether oxygens (including phenoxy) is 1. The average Bonchev–Trinajstić information content (AvgIpc) is 3.05. The highest BCUT2D eigenvalue weighted by atomic mass is 16.5. The number of hydrogen-bond donors (Lipinski definition) is 2. The van der Waals surface area contributed by atoms with Crippen LogP contribution in [0.15, 0.2) is 18.2 Å². The summed E-state index contributed by atoms with van der Waals surface area (Å²) in [7, 11) is 0. The van der Waals surface area contributed by atoms with Crippen molar-refractivity contribution >= 4 is 5.91 Å². The number of hydrogen-bond acceptors (Lipinski definition) is 3. The Morgan fingerprint density at radius 1 is 1.29 bits per heavy atom. The molecule has 2 atom stereocenters. The first-order valence-electron chi connectivity index (χ1n) is 9.35. The van der Waals surface area contributed by atoms with Crippen molar-refractivity contribution in [3.05, 3.63) is 29.3 Å². The van der Waals surface area contributed by atoms with Gasteiger partial charge in [0.2, 0.25) is 5.91 Å². The number of carbonyl (C=O) groups is 1. The SMILES string of the molecule is CC(C)CNC(=O)[C@H]1CNC[C@@H](COc2ccc3c(c2)CCC3)C1. The van der Waals surface area contributed by atoms with E-state index in [1.807, 2.05) is 0 Å². The molecule has 4 heteroatoms. The van der Waals surface area contributed by atoms with E-state index in [0.29, 0.717) is 18.4 Å². The molecule has 1 aromatic rings. The van der Waals surface area contributed by atoms with Crippen molar-refractivity contribution in [2.75, 3.05) is 26.2 Å². The smallest absolute Gasteiger partial charge is 0.224 e. The molecular formula is C20H30N2O2. The number of nitrogens with one attached hydrogen (secondary N) is 2. The van der Waals surface area contributed by atoms with Gasteiger partial charge in [-0.05, 0) is 54.9 Å². The van der Waals surface area contributed by atoms with Crippen LogP contribution in [-0.2, 0) is 17.6 Å². The topological polar surface area (TPSA) is 50.4 Å². The van der Waals surface area contributed by atoms with Crippen LogP contribution in [0.5, 0.6) is 5.75 Å². The van der Waals surface area contributed by atoms with Crippen molar-refractivity contribution in [2.45, 2.75) is 39.5 Å². The maximum absolute atomic E-state index is 12.3. The van der Waals surface area contributed by atoms with Crippen LogP contribution in [0.4, 0.5) is 0 Å². The van der Waals surface area contributed by atoms with E-state index in [9.17, 15) is 4.79 Å². The van der Waals surface area contributed by atoms with E-state index < -0.39 is 0 Å². The van der Waals surface area contributed by atoms with Crippen LogP contribution >= 0.6 is 0 Å². The Hall–Kier alpha value is -1.55. The van der Waals surface area contributed by atoms with E-state index in [1.165, 1.54) is 30.4 Å². The first-order chi connectivity index (χ1) is 11.6. The third kappa shape index (κ3) is 4.50. The van der Waals surface area contributed by atoms with Crippen molar-refractivity contribution in [3.8, 4) is 5.75 Å². The van der Waals surface area contributed by atoms with Crippen LogP contribution < -0.4 is 15.4 Å². The Balaban J connectivity index is 1.47. The maximum Gasteiger partial charge on any atom is 0.224 e. The largest absolute Gasteiger partial charge is 0.493 e. The van der Waals surface area contributed by atoms with Gasteiger partial charge in [0, 0.05) is 25.6 Å². The first kappa shape index (κ1) is 17.3. The summed E-state index contributed by atoms with van der Waals surface area (Å²) < 4.78 is 6.03. The number of fused-ring (bicyclic) bond motifs is 1. The molecule has 132 valence electrons. The minimum atomic E-state index is 0.0612. The van der Waals surface area contributed by atoms with E-state index in [2.05, 4.69) is 42.7 Å². The molecule has 0 bridgehead atoms. The molecule has 2 aliphatic rings. The van der Waals surface area contributed by atoms with E-state index in [4.69, 9.17) is 4.74 Å². The Morgan fingerprint density at radius 2 is 2.12 bits per heavy atom. The second-order valence-electron chi connectivity index (χ2n) is 7.69. The number of rotatable bonds is 6. The normalized spacial score (nSPS) is 23.1. The summed E-state index contributed by atoms with van der Waals surface area (Å²) in [5.74, 6) is 2.10. The molecule has 1 amide bonds. The van der Waals surface area contributed by atoms with Gasteiger partial charge < -0.3 is 15.4 Å². The second-order valence-corrected chi connectivity index (χ2v) is 7.69. The Morgan fingerprint density at radius 3 is 2.96 bits per heavy atom. The van der Waals surface area contributed by atoms with Gasteiger partial charge in [-0.15, -0.1) is 0 Å². The molecule has 0 aromatic heterocycles. The van der Waals surface area contributed by atoms with Crippen molar-refractivity contribution in [1.82, 2.24) is 10.6 Å². The lowest BCUT2D eigenvalue weighted by Gasteiger charge is -2.29. The molecule has 1 aliphatic heterocycles. The van der Waals surface area contributed by atoms with Gasteiger partial charge in [0.15, 0.2) is 0 Å². The quantitative estimate of drug-likeness (QED) is 0.843. The summed E-state index contributed by atoms with van der Waals surface area (Å²) in [6, 6.07) is 6.50. The van der Waals surface area contributed by atoms with Gasteiger partial charge in [0.1, 0.15) is 5.75 Å². The molecule has 24 heavy (non-hydrogen) atoms. The zero-order valence-corrected chi connectivity index (χ0v) is 14.9. The third-order valence-corrected chi connectivity index (χ3v) is 5.05. The number of aryl methyl sites for hydroxylation is 2. The molecular weight excluding hydrogens is 300 g/mol. The molecule has 1 saturated heterocycles. The van der Waals surface area contributed by atoms with Gasteiger partial charge >= 0.3 is 0 Å². The lowest BCUT2D eigenvalue weighted by atomic mass is 9.90. The summed E-state index contributed by atoms with van der Waals surface area (Å²) in [5, 5.41) is 6.45. The summed E-state index contributed by atoms with van der Waals surface area (Å²) in [6.45, 7) is 7.38. The first-order valence-corrected chi connectivity index (χ1v) is 9.35. The predicted octanol–water partition coefficient (Wildman–Crippen LogP) is 2.55. The molecule has 1 aromatic carbocycles. The average molecular weight is 330 g/mol. The van der Waals surface area contributed by atoms with Gasteiger partial charge in [-0.25, -0.2) is 0 Å². The monoisotopic (exact) mass is 330 g/mol. The molecule has 0 radical (unpaired) electrons. The van der Waals surface area contributed by atoms with Crippen LogP contribution in [0, 0.1) is 17.8 Å². The minimum absolute atomic E-state index is 0.0612. The maximum atomic E-state index is 12.3. The lowest BCUT2D eigenvalue weighted by Crippen LogP contribution is -2.46. The summed E-state index contributed by atoms with van der Waals surface area (Å²) in [5.41, 5.74) is 2.92. The second kappa shape index (κ2) is 8.02. The highest BCUT2D eigenvalue weighted by molar-refractivity contribution is 5.79. The number of benzene rings is 1. The molecule has 0 spiro atoms. The standard InChI is InChI=1S/C20H30N2O2/c1-14(2)10-22-20(23)18-8-15(11-21-12-18)13-24-19-7-6-16-4-3-5-17(16)9-19/h6-7,9,14-15,18,21H,3-5,8,10-13H2,1-2H3,(H,22,23)/t15-,18+/m0/s1. The summed E-state index contributed by atoms with van der Waals surface area (Å²) in [4.78, 5) is 12.3. The van der Waals surface area contributed by atoms with Crippen LogP contribution in [-0.4, -0.2) is 32.1 Å². The van der Waals surface area contributed by atoms with Crippen LogP contribution in [0.25, 0.3) is 0 Å². The summed E-state index contributed by atoms with van der Waals surface area (Å²) >= 11 is 0. The van der Waals surface area contributed by atoms with Gasteiger partial charge in [0.05, 0.1) is 12.5 Å². The molecule has 0 saturated carbocycles. The molecule has 1 heterocycles. The van der Waals surface area contributed by atoms with Gasteiger partial charge in [-0.3, -0.25) is 4.79 Å². The number of piperidine rings is 1. The predicted molar refractivity (Wildman–Crippen MR) is 96.3 cm³/mol. The molecule has 3 rings (SSSR count). The molecule has 4 nitrogen and oxygen atoms in total. The summed E-state index contributed by atoms with van der Waals surface area (Å²) in [6.07, 6.45) is 4.55. The zero-order chi connectivity index (χ0) is 16.9. The van der Waals surface area contributed by atoms with Crippen molar-refractivity contribution in [2.24, 2.45) is 17.8 Å². The van der Waals surface area contributed by atoms with Crippen molar-refractivity contribution < 1.29 is 9.53 Å². The van der Waals surface area contributed by atoms with Crippen molar-refractivity contribution in [3.63, 3.8) is 0 Å². The third-order valence-electron chi connectivity index (χ3n) is 5.05. The zero-order valence-electron chi connectivity index (χ0n) is 14.9. The van der Waals surface area contributed by atoms with E-state index in [-0.39, 0.29) is 11.8 Å². The Kier molecular flexibility index (Phi) is 5.77. The Labute approximate surface area is 145 Å². The van der Waals surface area contributed by atoms with E-state index in [0.717, 1.165) is 31.8 Å². The Bertz CT molecular complexity index is 571.